The predicted octanol–water partition coefficient (Wildman–Crippen LogP) is 2.92. The minimum absolute atomic E-state index is 0.0552. The molecule has 7 heteroatoms. The third-order valence-electron chi connectivity index (χ3n) is 3.90. The molecule has 1 aromatic heterocycles. The minimum atomic E-state index is -0.377. The van der Waals surface area contributed by atoms with Gasteiger partial charge in [-0.05, 0) is 31.0 Å². The first-order valence-electron chi connectivity index (χ1n) is 7.08. The second-order valence-electron chi connectivity index (χ2n) is 5.38. The topological polar surface area (TPSA) is 53.5 Å². The Balaban J connectivity index is 1.86. The van der Waals surface area contributed by atoms with Crippen molar-refractivity contribution in [2.45, 2.75) is 25.8 Å². The number of hydrogen-bond donors (Lipinski definition) is 0. The molecule has 1 atom stereocenters. The quantitative estimate of drug-likeness (QED) is 0.846. The van der Waals surface area contributed by atoms with E-state index in [0.29, 0.717) is 23.1 Å². The molecule has 0 aliphatic carbocycles. The van der Waals surface area contributed by atoms with Crippen LogP contribution in [0.1, 0.15) is 19.8 Å². The van der Waals surface area contributed by atoms with Crippen molar-refractivity contribution in [3.63, 3.8) is 0 Å². The Labute approximate surface area is 137 Å². The summed E-state index contributed by atoms with van der Waals surface area (Å²) in [7, 11) is 1.71. The third-order valence-corrected chi connectivity index (χ3v) is 5.25. The summed E-state index contributed by atoms with van der Waals surface area (Å²) in [5, 5.41) is 1.24. The van der Waals surface area contributed by atoms with E-state index >= 15 is 0 Å². The maximum Gasteiger partial charge on any atom is 0.251 e. The van der Waals surface area contributed by atoms with E-state index in [1.807, 2.05) is 12.1 Å². The molecule has 0 N–H and O–H groups in total. The van der Waals surface area contributed by atoms with Gasteiger partial charge in [-0.3, -0.25) is 14.5 Å². The molecule has 116 valence electrons. The Kier molecular flexibility index (Phi) is 4.06. The lowest BCUT2D eigenvalue weighted by Crippen LogP contribution is -2.46. The SMILES string of the molecule is CC(=O)N1CCC[C@H]1C(=O)N(C)c1nc2cc(Cl)ccc2s1. The van der Waals surface area contributed by atoms with Crippen molar-refractivity contribution in [2.24, 2.45) is 0 Å². The van der Waals surface area contributed by atoms with E-state index in [4.69, 9.17) is 11.6 Å². The second-order valence-corrected chi connectivity index (χ2v) is 6.82. The van der Waals surface area contributed by atoms with Crippen LogP contribution in [0.4, 0.5) is 5.13 Å². The molecule has 5 nitrogen and oxygen atoms in total. The average Bonchev–Trinajstić information content (AvgIpc) is 3.11. The summed E-state index contributed by atoms with van der Waals surface area (Å²) >= 11 is 7.41. The molecule has 1 aromatic carbocycles. The molecule has 0 spiro atoms. The van der Waals surface area contributed by atoms with Crippen molar-refractivity contribution >= 4 is 50.1 Å². The fourth-order valence-electron chi connectivity index (χ4n) is 2.75. The molecule has 2 amide bonds. The molecule has 1 aliphatic rings. The van der Waals surface area contributed by atoms with Crippen molar-refractivity contribution in [3.8, 4) is 0 Å². The smallest absolute Gasteiger partial charge is 0.251 e. The number of likely N-dealkylation sites (tertiary alicyclic amines) is 1. The van der Waals surface area contributed by atoms with Crippen LogP contribution >= 0.6 is 22.9 Å². The van der Waals surface area contributed by atoms with E-state index in [-0.39, 0.29) is 17.9 Å². The van der Waals surface area contributed by atoms with E-state index in [1.165, 1.54) is 18.3 Å². The van der Waals surface area contributed by atoms with Crippen LogP contribution in [0.3, 0.4) is 0 Å². The standard InChI is InChI=1S/C15H16ClN3O2S/c1-9(20)19-7-3-4-12(19)14(21)18(2)15-17-11-8-10(16)5-6-13(11)22-15/h5-6,8,12H,3-4,7H2,1-2H3/t12-/m0/s1. The van der Waals surface area contributed by atoms with Gasteiger partial charge in [0.2, 0.25) is 5.91 Å². The van der Waals surface area contributed by atoms with Gasteiger partial charge in [0.25, 0.3) is 5.91 Å². The molecule has 0 radical (unpaired) electrons. The summed E-state index contributed by atoms with van der Waals surface area (Å²) in [5.41, 5.74) is 0.780. The summed E-state index contributed by atoms with van der Waals surface area (Å²) in [4.78, 5) is 32.0. The highest BCUT2D eigenvalue weighted by Crippen LogP contribution is 2.31. The normalized spacial score (nSPS) is 18.0. The van der Waals surface area contributed by atoms with Gasteiger partial charge in [-0.15, -0.1) is 0 Å². The van der Waals surface area contributed by atoms with E-state index in [1.54, 1.807) is 22.9 Å². The van der Waals surface area contributed by atoms with Gasteiger partial charge in [-0.1, -0.05) is 22.9 Å². The van der Waals surface area contributed by atoms with Crippen molar-refractivity contribution in [3.05, 3.63) is 23.2 Å². The highest BCUT2D eigenvalue weighted by molar-refractivity contribution is 7.22. The lowest BCUT2D eigenvalue weighted by molar-refractivity contribution is -0.135. The number of aromatic nitrogens is 1. The first-order valence-corrected chi connectivity index (χ1v) is 8.27. The van der Waals surface area contributed by atoms with Crippen LogP contribution in [0.25, 0.3) is 10.2 Å². The number of hydrogen-bond acceptors (Lipinski definition) is 4. The second kappa shape index (κ2) is 5.85. The molecule has 0 bridgehead atoms. The molecule has 1 fully saturated rings. The van der Waals surface area contributed by atoms with Gasteiger partial charge in [-0.25, -0.2) is 4.98 Å². The van der Waals surface area contributed by atoms with Gasteiger partial charge in [0.1, 0.15) is 6.04 Å². The van der Waals surface area contributed by atoms with Crippen molar-refractivity contribution in [1.29, 1.82) is 0 Å². The van der Waals surface area contributed by atoms with Gasteiger partial charge in [0, 0.05) is 25.5 Å². The van der Waals surface area contributed by atoms with Gasteiger partial charge >= 0.3 is 0 Å². The lowest BCUT2D eigenvalue weighted by Gasteiger charge is -2.25. The molecular weight excluding hydrogens is 322 g/mol. The summed E-state index contributed by atoms with van der Waals surface area (Å²) in [6, 6.07) is 5.11. The van der Waals surface area contributed by atoms with Gasteiger partial charge in [0.15, 0.2) is 5.13 Å². The van der Waals surface area contributed by atoms with Crippen LogP contribution in [0.2, 0.25) is 5.02 Å². The highest BCUT2D eigenvalue weighted by Gasteiger charge is 2.35. The molecule has 0 unspecified atom stereocenters. The number of halogens is 1. The van der Waals surface area contributed by atoms with Crippen LogP contribution in [0.5, 0.6) is 0 Å². The van der Waals surface area contributed by atoms with Gasteiger partial charge in [0.05, 0.1) is 10.2 Å². The summed E-state index contributed by atoms with van der Waals surface area (Å²) in [6.07, 6.45) is 1.57. The number of rotatable bonds is 2. The number of carbonyl (C=O) groups excluding carboxylic acids is 2. The van der Waals surface area contributed by atoms with E-state index in [0.717, 1.165) is 16.6 Å². The Morgan fingerprint density at radius 3 is 2.95 bits per heavy atom. The molecule has 1 saturated heterocycles. The van der Waals surface area contributed by atoms with Crippen LogP contribution < -0.4 is 4.90 Å². The zero-order chi connectivity index (χ0) is 15.9. The maximum atomic E-state index is 12.7. The zero-order valence-corrected chi connectivity index (χ0v) is 13.9. The molecule has 2 aromatic rings. The summed E-state index contributed by atoms with van der Waals surface area (Å²) in [5.74, 6) is -0.141. The number of likely N-dealkylation sites (N-methyl/N-ethyl adjacent to an activating group) is 1. The van der Waals surface area contributed by atoms with Gasteiger partial charge in [-0.2, -0.15) is 0 Å². The maximum absolute atomic E-state index is 12.7. The third kappa shape index (κ3) is 2.68. The highest BCUT2D eigenvalue weighted by atomic mass is 35.5. The first-order chi connectivity index (χ1) is 10.5. The fraction of sp³-hybridized carbons (Fsp3) is 0.400. The molecule has 1 aliphatic heterocycles. The Hall–Kier alpha value is -1.66. The molecular formula is C15H16ClN3O2S. The molecule has 22 heavy (non-hydrogen) atoms. The number of fused-ring (bicyclic) bond motifs is 1. The number of anilines is 1. The molecule has 2 heterocycles. The van der Waals surface area contributed by atoms with Gasteiger partial charge < -0.3 is 4.90 Å². The monoisotopic (exact) mass is 337 g/mol. The van der Waals surface area contributed by atoms with Crippen molar-refractivity contribution < 1.29 is 9.59 Å². The zero-order valence-electron chi connectivity index (χ0n) is 12.4. The predicted molar refractivity (Wildman–Crippen MR) is 88.4 cm³/mol. The number of benzene rings is 1. The van der Waals surface area contributed by atoms with Crippen molar-refractivity contribution in [2.75, 3.05) is 18.5 Å². The van der Waals surface area contributed by atoms with E-state index < -0.39 is 0 Å². The van der Waals surface area contributed by atoms with E-state index in [2.05, 4.69) is 4.98 Å². The van der Waals surface area contributed by atoms with Crippen LogP contribution in [0, 0.1) is 0 Å². The number of amides is 2. The van der Waals surface area contributed by atoms with E-state index in [9.17, 15) is 9.59 Å². The average molecular weight is 338 g/mol. The number of carbonyl (C=O) groups is 2. The van der Waals surface area contributed by atoms with Crippen molar-refractivity contribution in [1.82, 2.24) is 9.88 Å². The Morgan fingerprint density at radius 2 is 2.23 bits per heavy atom. The lowest BCUT2D eigenvalue weighted by atomic mass is 10.2. The number of thiazole rings is 1. The molecule has 0 saturated carbocycles. The largest absolute Gasteiger partial charge is 0.331 e. The summed E-state index contributed by atoms with van der Waals surface area (Å²) < 4.78 is 0.980. The Bertz CT molecular complexity index is 745. The Morgan fingerprint density at radius 1 is 1.45 bits per heavy atom. The van der Waals surface area contributed by atoms with Crippen LogP contribution in [0.15, 0.2) is 18.2 Å². The number of nitrogens with zero attached hydrogens (tertiary/aromatic N) is 3. The minimum Gasteiger partial charge on any atom is -0.331 e. The molecule has 3 rings (SSSR count). The van der Waals surface area contributed by atoms with Crippen LogP contribution in [-0.2, 0) is 9.59 Å². The summed E-state index contributed by atoms with van der Waals surface area (Å²) in [6.45, 7) is 2.15. The van der Waals surface area contributed by atoms with Crippen LogP contribution in [-0.4, -0.2) is 41.3 Å². The fourth-order valence-corrected chi connectivity index (χ4v) is 3.83. The first kappa shape index (κ1) is 15.2.